The summed E-state index contributed by atoms with van der Waals surface area (Å²) in [7, 11) is 5.75. The average molecular weight is 638 g/mol. The number of methoxy groups -OCH3 is 1. The van der Waals surface area contributed by atoms with E-state index in [2.05, 4.69) is 49.6 Å². The number of ether oxygens (including phenoxy) is 5. The molecule has 0 aromatic rings. The van der Waals surface area contributed by atoms with E-state index in [0.29, 0.717) is 12.3 Å². The number of esters is 1. The lowest BCUT2D eigenvalue weighted by Gasteiger charge is -2.55. The summed E-state index contributed by atoms with van der Waals surface area (Å²) in [6, 6.07) is 0.131. The maximum atomic E-state index is 14.2. The summed E-state index contributed by atoms with van der Waals surface area (Å²) >= 11 is 0. The molecule has 10 nitrogen and oxygen atoms in total. The zero-order chi connectivity index (χ0) is 33.1. The Hall–Kier alpha value is -1.14. The fraction of sp³-hybridized carbons (Fsp3) is 0.943. The lowest BCUT2D eigenvalue weighted by atomic mass is 9.76. The molecule has 0 aromatic carbocycles. The number of rotatable bonds is 7. The standard InChI is InChI=1S/C35H63N3O7/c1-11-15-37-16-13-26(14-17-37)19-27-22-42-33(40)34(6,7)30(39)25(5)31-35(41-10,20-23(3)21-38(27)12-2)45-29-28(36(8)9)18-24(4)43-32(29)44-31/h23-29,31-32H,11-22H2,1-10H3/t23-,24-,25+,27-,28+,29-,31-,32+,35+/m1/s1. The quantitative estimate of drug-likeness (QED) is 0.299. The third-order valence-electron chi connectivity index (χ3n) is 11.0. The summed E-state index contributed by atoms with van der Waals surface area (Å²) < 4.78 is 32.4. The number of carbonyl (C=O) groups excluding carboxylic acids is 2. The average Bonchev–Trinajstić information content (AvgIpc) is 3.01. The van der Waals surface area contributed by atoms with E-state index in [1.54, 1.807) is 21.0 Å². The first-order valence-electron chi connectivity index (χ1n) is 17.6. The Morgan fingerprint density at radius 1 is 1.04 bits per heavy atom. The van der Waals surface area contributed by atoms with Crippen LogP contribution in [-0.4, -0.2) is 129 Å². The molecule has 10 heteroatoms. The van der Waals surface area contributed by atoms with E-state index in [4.69, 9.17) is 23.7 Å². The molecule has 4 heterocycles. The molecule has 0 saturated carbocycles. The molecule has 0 aliphatic carbocycles. The molecule has 4 aliphatic rings. The second-order valence-electron chi connectivity index (χ2n) is 15.2. The molecule has 0 radical (unpaired) electrons. The van der Waals surface area contributed by atoms with E-state index >= 15 is 0 Å². The van der Waals surface area contributed by atoms with Crippen LogP contribution in [0.25, 0.3) is 0 Å². The van der Waals surface area contributed by atoms with Gasteiger partial charge in [-0.1, -0.05) is 27.7 Å². The van der Waals surface area contributed by atoms with Crippen LogP contribution < -0.4 is 0 Å². The molecule has 4 fully saturated rings. The maximum absolute atomic E-state index is 14.2. The minimum atomic E-state index is -1.36. The first-order valence-corrected chi connectivity index (χ1v) is 17.6. The van der Waals surface area contributed by atoms with Gasteiger partial charge in [0.15, 0.2) is 17.9 Å². The van der Waals surface area contributed by atoms with Crippen LogP contribution in [0.3, 0.4) is 0 Å². The predicted octanol–water partition coefficient (Wildman–Crippen LogP) is 4.20. The number of likely N-dealkylation sites (N-methyl/N-ethyl adjacent to an activating group) is 2. The van der Waals surface area contributed by atoms with E-state index in [0.717, 1.165) is 58.4 Å². The Morgan fingerprint density at radius 3 is 2.33 bits per heavy atom. The van der Waals surface area contributed by atoms with Crippen LogP contribution in [0.4, 0.5) is 0 Å². The number of cyclic esters (lactones) is 1. The molecule has 4 saturated heterocycles. The van der Waals surface area contributed by atoms with E-state index in [1.807, 2.05) is 13.8 Å². The Bertz CT molecular complexity index is 986. The number of hydrogen-bond acceptors (Lipinski definition) is 10. The van der Waals surface area contributed by atoms with Gasteiger partial charge in [-0.3, -0.25) is 14.5 Å². The van der Waals surface area contributed by atoms with Crippen molar-refractivity contribution < 1.29 is 33.3 Å². The lowest BCUT2D eigenvalue weighted by molar-refractivity contribution is -0.424. The summed E-state index contributed by atoms with van der Waals surface area (Å²) in [4.78, 5) is 35.1. The Balaban J connectivity index is 1.66. The zero-order valence-electron chi connectivity index (χ0n) is 29.9. The molecule has 9 atom stereocenters. The second-order valence-corrected chi connectivity index (χ2v) is 15.2. The smallest absolute Gasteiger partial charge is 0.319 e. The molecule has 0 bridgehead atoms. The summed E-state index contributed by atoms with van der Waals surface area (Å²) in [5.74, 6) is -1.90. The van der Waals surface area contributed by atoms with Gasteiger partial charge in [-0.2, -0.15) is 0 Å². The molecule has 4 rings (SSSR count). The summed E-state index contributed by atoms with van der Waals surface area (Å²) in [5, 5.41) is 0. The minimum absolute atomic E-state index is 0.0302. The number of Topliss-reactive ketones (excluding diaryl/α,β-unsaturated/α-hetero) is 1. The fourth-order valence-electron chi connectivity index (χ4n) is 8.34. The molecule has 260 valence electrons. The van der Waals surface area contributed by atoms with Gasteiger partial charge < -0.3 is 33.5 Å². The van der Waals surface area contributed by atoms with Gasteiger partial charge >= 0.3 is 5.97 Å². The van der Waals surface area contributed by atoms with Crippen molar-refractivity contribution in [2.24, 2.45) is 23.2 Å². The highest BCUT2D eigenvalue weighted by Crippen LogP contribution is 2.45. The van der Waals surface area contributed by atoms with Gasteiger partial charge in [0.25, 0.3) is 0 Å². The van der Waals surface area contributed by atoms with Gasteiger partial charge in [0.1, 0.15) is 24.2 Å². The number of nitrogens with zero attached hydrogens (tertiary/aromatic N) is 3. The second kappa shape index (κ2) is 15.4. The van der Waals surface area contributed by atoms with Crippen molar-refractivity contribution in [3.05, 3.63) is 0 Å². The molecule has 45 heavy (non-hydrogen) atoms. The highest BCUT2D eigenvalue weighted by atomic mass is 16.8. The van der Waals surface area contributed by atoms with Crippen molar-refractivity contribution in [3.8, 4) is 0 Å². The van der Waals surface area contributed by atoms with Crippen LogP contribution in [0.2, 0.25) is 0 Å². The van der Waals surface area contributed by atoms with Gasteiger partial charge in [-0.25, -0.2) is 0 Å². The van der Waals surface area contributed by atoms with Crippen molar-refractivity contribution in [1.82, 2.24) is 14.7 Å². The number of fused-ring (bicyclic) bond motifs is 2. The molecule has 4 aliphatic heterocycles. The third kappa shape index (κ3) is 8.12. The van der Waals surface area contributed by atoms with Crippen molar-refractivity contribution in [2.75, 3.05) is 60.5 Å². The van der Waals surface area contributed by atoms with Crippen molar-refractivity contribution in [3.63, 3.8) is 0 Å². The first kappa shape index (κ1) is 36.7. The van der Waals surface area contributed by atoms with E-state index in [-0.39, 0.29) is 42.6 Å². The first-order chi connectivity index (χ1) is 21.3. The highest BCUT2D eigenvalue weighted by molar-refractivity contribution is 6.04. The van der Waals surface area contributed by atoms with Crippen LogP contribution >= 0.6 is 0 Å². The molecular formula is C35H63N3O7. The normalized spacial score (nSPS) is 39.7. The van der Waals surface area contributed by atoms with Crippen LogP contribution in [0.1, 0.15) is 87.0 Å². The van der Waals surface area contributed by atoms with Crippen LogP contribution in [0.5, 0.6) is 0 Å². The Kier molecular flexibility index (Phi) is 12.5. The third-order valence-corrected chi connectivity index (χ3v) is 11.0. The van der Waals surface area contributed by atoms with Crippen LogP contribution in [0.15, 0.2) is 0 Å². The minimum Gasteiger partial charge on any atom is -0.463 e. The van der Waals surface area contributed by atoms with E-state index < -0.39 is 35.5 Å². The van der Waals surface area contributed by atoms with Gasteiger partial charge in [0.2, 0.25) is 0 Å². The molecule has 0 unspecified atom stereocenters. The number of likely N-dealkylation sites (tertiary alicyclic amines) is 1. The lowest BCUT2D eigenvalue weighted by Crippen LogP contribution is -2.69. The highest BCUT2D eigenvalue weighted by Gasteiger charge is 2.59. The fourth-order valence-corrected chi connectivity index (χ4v) is 8.34. The van der Waals surface area contributed by atoms with Gasteiger partial charge in [-0.15, -0.1) is 0 Å². The molecular weight excluding hydrogens is 574 g/mol. The Labute approximate surface area is 272 Å². The van der Waals surface area contributed by atoms with E-state index in [9.17, 15) is 9.59 Å². The number of carbonyl (C=O) groups is 2. The number of hydrogen-bond donors (Lipinski definition) is 0. The SMILES string of the molecule is CCCN1CCC(C[C@@H]2COC(=O)C(C)(C)C(=O)[C@H](C)[C@H]3O[C@@H]4O[C@H](C)C[C@H](N(C)C)[C@H]4O[C@@]3(OC)C[C@@H](C)CN2CC)CC1. The topological polar surface area (TPSA) is 90.0 Å². The van der Waals surface area contributed by atoms with Crippen LogP contribution in [-0.2, 0) is 33.3 Å². The molecule has 0 aromatic heterocycles. The van der Waals surface area contributed by atoms with Gasteiger partial charge in [0, 0.05) is 38.1 Å². The van der Waals surface area contributed by atoms with Crippen LogP contribution in [0, 0.1) is 23.2 Å². The Morgan fingerprint density at radius 2 is 1.73 bits per heavy atom. The van der Waals surface area contributed by atoms with Gasteiger partial charge in [-0.05, 0) is 105 Å². The monoisotopic (exact) mass is 637 g/mol. The van der Waals surface area contributed by atoms with Crippen molar-refractivity contribution in [1.29, 1.82) is 0 Å². The maximum Gasteiger partial charge on any atom is 0.319 e. The van der Waals surface area contributed by atoms with Crippen molar-refractivity contribution >= 4 is 11.8 Å². The molecule has 0 spiro atoms. The number of piperidine rings is 1. The predicted molar refractivity (Wildman–Crippen MR) is 174 cm³/mol. The largest absolute Gasteiger partial charge is 0.463 e. The van der Waals surface area contributed by atoms with E-state index in [1.165, 1.54) is 6.42 Å². The summed E-state index contributed by atoms with van der Waals surface area (Å²) in [5.41, 5.74) is -1.36. The molecule has 0 amide bonds. The summed E-state index contributed by atoms with van der Waals surface area (Å²) in [6.45, 7) is 19.2. The van der Waals surface area contributed by atoms with Gasteiger partial charge in [0.05, 0.1) is 6.10 Å². The number of ketones is 1. The summed E-state index contributed by atoms with van der Waals surface area (Å²) in [6.07, 6.45) is 3.99. The molecule has 0 N–H and O–H groups in total. The van der Waals surface area contributed by atoms with Crippen molar-refractivity contribution in [2.45, 2.75) is 129 Å². The zero-order valence-corrected chi connectivity index (χ0v) is 29.9.